The third kappa shape index (κ3) is 2.45. The minimum atomic E-state index is 0.472. The van der Waals surface area contributed by atoms with E-state index in [2.05, 4.69) is 34.6 Å². The summed E-state index contributed by atoms with van der Waals surface area (Å²) in [7, 11) is 0. The lowest BCUT2D eigenvalue weighted by Gasteiger charge is -2.42. The largest absolute Gasteiger partial charge is 0.377 e. The molecule has 3 heterocycles. The second-order valence-corrected chi connectivity index (χ2v) is 5.73. The molecule has 4 nitrogen and oxygen atoms in total. The van der Waals surface area contributed by atoms with Crippen LogP contribution in [0.2, 0.25) is 0 Å². The first-order valence-corrected chi connectivity index (χ1v) is 7.09. The second-order valence-electron chi connectivity index (χ2n) is 5.73. The second kappa shape index (κ2) is 5.02. The first-order chi connectivity index (χ1) is 8.72. The number of likely N-dealkylation sites (tertiary alicyclic amines) is 1. The molecule has 0 bridgehead atoms. The van der Waals surface area contributed by atoms with Crippen LogP contribution in [0.4, 0.5) is 0 Å². The minimum absolute atomic E-state index is 0.472. The van der Waals surface area contributed by atoms with Gasteiger partial charge in [-0.05, 0) is 39.2 Å². The zero-order valence-corrected chi connectivity index (χ0v) is 11.4. The van der Waals surface area contributed by atoms with Crippen molar-refractivity contribution in [3.8, 4) is 0 Å². The van der Waals surface area contributed by atoms with Crippen LogP contribution in [0.5, 0.6) is 0 Å². The third-order valence-corrected chi connectivity index (χ3v) is 4.06. The van der Waals surface area contributed by atoms with Crippen molar-refractivity contribution in [1.82, 2.24) is 14.7 Å². The predicted molar refractivity (Wildman–Crippen MR) is 70.8 cm³/mol. The third-order valence-electron chi connectivity index (χ3n) is 4.06. The zero-order valence-electron chi connectivity index (χ0n) is 11.4. The molecule has 1 aromatic heterocycles. The van der Waals surface area contributed by atoms with E-state index in [1.165, 1.54) is 25.0 Å². The monoisotopic (exact) mass is 249 g/mol. The maximum atomic E-state index is 5.79. The molecule has 0 N–H and O–H groups in total. The van der Waals surface area contributed by atoms with Crippen LogP contribution in [0, 0.1) is 13.8 Å². The SMILES string of the molecule is Cc1cc(C)n(C2CN(CC3CCCCO3)C2)n1. The van der Waals surface area contributed by atoms with Crippen LogP contribution in [0.1, 0.15) is 36.7 Å². The fourth-order valence-corrected chi connectivity index (χ4v) is 3.10. The van der Waals surface area contributed by atoms with Crippen LogP contribution < -0.4 is 0 Å². The molecule has 3 rings (SSSR count). The summed E-state index contributed by atoms with van der Waals surface area (Å²) in [6, 6.07) is 2.73. The number of rotatable bonds is 3. The molecule has 1 atom stereocenters. The highest BCUT2D eigenvalue weighted by Gasteiger charge is 2.31. The van der Waals surface area contributed by atoms with Crippen molar-refractivity contribution in [2.75, 3.05) is 26.2 Å². The highest BCUT2D eigenvalue weighted by Crippen LogP contribution is 2.24. The number of hydrogen-bond acceptors (Lipinski definition) is 3. The van der Waals surface area contributed by atoms with Crippen molar-refractivity contribution in [1.29, 1.82) is 0 Å². The average molecular weight is 249 g/mol. The summed E-state index contributed by atoms with van der Waals surface area (Å²) in [5, 5.41) is 4.57. The Morgan fingerprint density at radius 1 is 1.33 bits per heavy atom. The Morgan fingerprint density at radius 2 is 2.17 bits per heavy atom. The van der Waals surface area contributed by atoms with Crippen molar-refractivity contribution in [3.63, 3.8) is 0 Å². The van der Waals surface area contributed by atoms with E-state index in [1.54, 1.807) is 0 Å². The quantitative estimate of drug-likeness (QED) is 0.820. The summed E-state index contributed by atoms with van der Waals surface area (Å²) < 4.78 is 7.98. The number of aromatic nitrogens is 2. The Kier molecular flexibility index (Phi) is 3.39. The van der Waals surface area contributed by atoms with E-state index in [9.17, 15) is 0 Å². The molecule has 0 aliphatic carbocycles. The highest BCUT2D eigenvalue weighted by atomic mass is 16.5. The van der Waals surface area contributed by atoms with Gasteiger partial charge >= 0.3 is 0 Å². The van der Waals surface area contributed by atoms with E-state index < -0.39 is 0 Å². The number of aryl methyl sites for hydroxylation is 2. The summed E-state index contributed by atoms with van der Waals surface area (Å²) in [5.41, 5.74) is 2.41. The fraction of sp³-hybridized carbons (Fsp3) is 0.786. The zero-order chi connectivity index (χ0) is 12.5. The van der Waals surface area contributed by atoms with Gasteiger partial charge in [-0.1, -0.05) is 0 Å². The molecule has 0 amide bonds. The average Bonchev–Trinajstić information content (AvgIpc) is 2.64. The first kappa shape index (κ1) is 12.2. The van der Waals surface area contributed by atoms with E-state index in [1.807, 2.05) is 0 Å². The van der Waals surface area contributed by atoms with Gasteiger partial charge in [-0.2, -0.15) is 5.10 Å². The van der Waals surface area contributed by atoms with Crippen molar-refractivity contribution in [2.45, 2.75) is 45.3 Å². The molecule has 4 heteroatoms. The first-order valence-electron chi connectivity index (χ1n) is 7.09. The van der Waals surface area contributed by atoms with Gasteiger partial charge in [0.2, 0.25) is 0 Å². The minimum Gasteiger partial charge on any atom is -0.377 e. The van der Waals surface area contributed by atoms with Gasteiger partial charge in [-0.3, -0.25) is 9.58 Å². The van der Waals surface area contributed by atoms with Gasteiger partial charge in [-0.15, -0.1) is 0 Å². The van der Waals surface area contributed by atoms with Crippen LogP contribution in [-0.2, 0) is 4.74 Å². The Morgan fingerprint density at radius 3 is 2.78 bits per heavy atom. The van der Waals surface area contributed by atoms with Gasteiger partial charge in [0.05, 0.1) is 17.8 Å². The van der Waals surface area contributed by atoms with Crippen LogP contribution in [0.3, 0.4) is 0 Å². The molecular formula is C14H23N3O. The lowest BCUT2D eigenvalue weighted by molar-refractivity contribution is -0.0290. The molecular weight excluding hydrogens is 226 g/mol. The highest BCUT2D eigenvalue weighted by molar-refractivity contribution is 5.09. The van der Waals surface area contributed by atoms with Crippen LogP contribution in [0.25, 0.3) is 0 Å². The molecule has 2 fully saturated rings. The fourth-order valence-electron chi connectivity index (χ4n) is 3.10. The summed E-state index contributed by atoms with van der Waals surface area (Å²) >= 11 is 0. The van der Waals surface area contributed by atoms with Crippen molar-refractivity contribution in [3.05, 3.63) is 17.5 Å². The van der Waals surface area contributed by atoms with Gasteiger partial charge in [0.1, 0.15) is 0 Å². The van der Waals surface area contributed by atoms with Gasteiger partial charge in [0, 0.05) is 31.9 Å². The summed E-state index contributed by atoms with van der Waals surface area (Å²) in [6.45, 7) is 8.53. The van der Waals surface area contributed by atoms with Crippen LogP contribution >= 0.6 is 0 Å². The topological polar surface area (TPSA) is 30.3 Å². The van der Waals surface area contributed by atoms with Gasteiger partial charge in [0.25, 0.3) is 0 Å². The van der Waals surface area contributed by atoms with Crippen molar-refractivity contribution >= 4 is 0 Å². The molecule has 0 spiro atoms. The lowest BCUT2D eigenvalue weighted by Crippen LogP contribution is -2.51. The van der Waals surface area contributed by atoms with Gasteiger partial charge in [-0.25, -0.2) is 0 Å². The molecule has 2 aliphatic rings. The Hall–Kier alpha value is -0.870. The summed E-state index contributed by atoms with van der Waals surface area (Å²) in [6.07, 6.45) is 4.28. The van der Waals surface area contributed by atoms with Crippen LogP contribution in [0.15, 0.2) is 6.07 Å². The molecule has 0 saturated carbocycles. The van der Waals surface area contributed by atoms with E-state index >= 15 is 0 Å². The van der Waals surface area contributed by atoms with E-state index in [-0.39, 0.29) is 0 Å². The summed E-state index contributed by atoms with van der Waals surface area (Å²) in [4.78, 5) is 2.50. The number of hydrogen-bond donors (Lipinski definition) is 0. The lowest BCUT2D eigenvalue weighted by atomic mass is 10.0. The smallest absolute Gasteiger partial charge is 0.0775 e. The molecule has 100 valence electrons. The number of nitrogens with zero attached hydrogens (tertiary/aromatic N) is 3. The molecule has 1 aromatic rings. The van der Waals surface area contributed by atoms with E-state index in [0.717, 1.165) is 31.9 Å². The maximum Gasteiger partial charge on any atom is 0.0775 e. The van der Waals surface area contributed by atoms with Gasteiger partial charge in [0.15, 0.2) is 0 Å². The molecule has 2 saturated heterocycles. The van der Waals surface area contributed by atoms with Gasteiger partial charge < -0.3 is 4.74 Å². The van der Waals surface area contributed by atoms with E-state index in [4.69, 9.17) is 4.74 Å². The molecule has 1 unspecified atom stereocenters. The Labute approximate surface area is 109 Å². The van der Waals surface area contributed by atoms with Crippen molar-refractivity contribution < 1.29 is 4.74 Å². The predicted octanol–water partition coefficient (Wildman–Crippen LogP) is 1.93. The van der Waals surface area contributed by atoms with E-state index in [0.29, 0.717) is 12.1 Å². The molecule has 0 aromatic carbocycles. The standard InChI is InChI=1S/C14H23N3O/c1-11-7-12(2)17(15-11)13-8-16(9-13)10-14-5-3-4-6-18-14/h7,13-14H,3-6,8-10H2,1-2H3. The number of ether oxygens (including phenoxy) is 1. The van der Waals surface area contributed by atoms with Crippen LogP contribution in [-0.4, -0.2) is 47.0 Å². The summed E-state index contributed by atoms with van der Waals surface area (Å²) in [5.74, 6) is 0. The molecule has 2 aliphatic heterocycles. The normalized spacial score (nSPS) is 26.2. The molecule has 0 radical (unpaired) electrons. The maximum absolute atomic E-state index is 5.79. The Balaban J connectivity index is 1.49. The van der Waals surface area contributed by atoms with Crippen molar-refractivity contribution in [2.24, 2.45) is 0 Å². The molecule has 18 heavy (non-hydrogen) atoms. The Bertz CT molecular complexity index is 403.